The van der Waals surface area contributed by atoms with E-state index in [9.17, 15) is 14.9 Å². The summed E-state index contributed by atoms with van der Waals surface area (Å²) >= 11 is 0. The molecule has 5 rings (SSSR count). The molecule has 12 nitrogen and oxygen atoms in total. The lowest BCUT2D eigenvalue weighted by atomic mass is 10.1. The zero-order valence-corrected chi connectivity index (χ0v) is 18.8. The van der Waals surface area contributed by atoms with E-state index in [0.29, 0.717) is 71.7 Å². The zero-order valence-electron chi connectivity index (χ0n) is 18.8. The monoisotopic (exact) mass is 481 g/mol. The molecule has 2 aromatic heterocycles. The van der Waals surface area contributed by atoms with Crippen LogP contribution in [0.25, 0.3) is 33.2 Å². The molecule has 12 heteroatoms. The Bertz CT molecular complexity index is 1490. The number of hydrogen-bond donors (Lipinski definition) is 3. The molecular formula is C23H23N5O7. The van der Waals surface area contributed by atoms with Crippen LogP contribution >= 0.6 is 0 Å². The van der Waals surface area contributed by atoms with E-state index < -0.39 is 10.9 Å². The van der Waals surface area contributed by atoms with E-state index in [-0.39, 0.29) is 16.9 Å². The molecule has 0 atom stereocenters. The van der Waals surface area contributed by atoms with Crippen molar-refractivity contribution in [1.29, 1.82) is 0 Å². The van der Waals surface area contributed by atoms with Crippen molar-refractivity contribution in [3.05, 3.63) is 57.0 Å². The van der Waals surface area contributed by atoms with Gasteiger partial charge in [0.1, 0.15) is 18.9 Å². The number of hydrogen-bond acceptors (Lipinski definition) is 8. The number of aryl methyl sites for hydroxylation is 1. The number of non-ortho nitro benzene ring substituents is 1. The van der Waals surface area contributed by atoms with Crippen molar-refractivity contribution in [3.63, 3.8) is 0 Å². The number of benzene rings is 2. The topological polar surface area (TPSA) is 176 Å². The molecule has 0 amide bonds. The highest BCUT2D eigenvalue weighted by Crippen LogP contribution is 2.35. The van der Waals surface area contributed by atoms with Gasteiger partial charge in [-0.1, -0.05) is 0 Å². The second-order valence-corrected chi connectivity index (χ2v) is 7.78. The van der Waals surface area contributed by atoms with Crippen molar-refractivity contribution >= 4 is 33.6 Å². The number of carboxylic acids is 1. The summed E-state index contributed by atoms with van der Waals surface area (Å²) in [6, 6.07) is 8.02. The zero-order chi connectivity index (χ0) is 25.1. The maximum Gasteiger partial charge on any atom is 0.300 e. The Labute approximate surface area is 198 Å². The number of nitro groups is 1. The largest absolute Gasteiger partial charge is 0.486 e. The second kappa shape index (κ2) is 9.81. The average molecular weight is 481 g/mol. The molecule has 0 unspecified atom stereocenters. The Balaban J connectivity index is 0.000000672. The van der Waals surface area contributed by atoms with Gasteiger partial charge in [0, 0.05) is 54.9 Å². The number of nitrogens with zero attached hydrogens (tertiary/aromatic N) is 3. The fourth-order valence-electron chi connectivity index (χ4n) is 3.84. The van der Waals surface area contributed by atoms with Crippen molar-refractivity contribution < 1.29 is 24.3 Å². The highest BCUT2D eigenvalue weighted by atomic mass is 16.6. The molecule has 0 saturated carbocycles. The van der Waals surface area contributed by atoms with Crippen LogP contribution in [0.15, 0.2) is 41.3 Å². The SMILES string of the molecule is CC(=O)O.NCCCn1cc(-c2nc3cc4c(cc3[nH]c2=O)OCCO4)c2ccc([N+](=O)[O-])cc21. The molecule has 0 bridgehead atoms. The number of nitrogens with one attached hydrogen (secondary N) is 1. The number of aliphatic carboxylic acids is 1. The third kappa shape index (κ3) is 4.92. The lowest BCUT2D eigenvalue weighted by molar-refractivity contribution is -0.384. The van der Waals surface area contributed by atoms with Crippen LogP contribution in [0.4, 0.5) is 5.69 Å². The molecule has 182 valence electrons. The molecule has 0 radical (unpaired) electrons. The fraction of sp³-hybridized carbons (Fsp3) is 0.261. The summed E-state index contributed by atoms with van der Waals surface area (Å²) in [6.45, 7) is 3.02. The van der Waals surface area contributed by atoms with Crippen molar-refractivity contribution in [2.75, 3.05) is 19.8 Å². The molecule has 3 heterocycles. The van der Waals surface area contributed by atoms with Gasteiger partial charge in [-0.25, -0.2) is 4.98 Å². The number of ether oxygens (including phenoxy) is 2. The number of carbonyl (C=O) groups is 1. The van der Waals surface area contributed by atoms with Gasteiger partial charge < -0.3 is 29.9 Å². The average Bonchev–Trinajstić information content (AvgIpc) is 3.18. The molecule has 35 heavy (non-hydrogen) atoms. The first-order valence-corrected chi connectivity index (χ1v) is 10.8. The molecule has 0 aliphatic carbocycles. The number of aromatic nitrogens is 3. The molecule has 1 aliphatic heterocycles. The summed E-state index contributed by atoms with van der Waals surface area (Å²) in [5.74, 6) is 0.305. The maximum absolute atomic E-state index is 12.9. The molecule has 4 aromatic rings. The van der Waals surface area contributed by atoms with Gasteiger partial charge in [-0.15, -0.1) is 0 Å². The highest BCUT2D eigenvalue weighted by molar-refractivity contribution is 5.97. The van der Waals surface area contributed by atoms with E-state index in [4.69, 9.17) is 25.1 Å². The summed E-state index contributed by atoms with van der Waals surface area (Å²) in [4.78, 5) is 40.2. The number of rotatable bonds is 5. The lowest BCUT2D eigenvalue weighted by Gasteiger charge is -2.18. The van der Waals surface area contributed by atoms with Crippen LogP contribution in [-0.2, 0) is 11.3 Å². The first kappa shape index (κ1) is 23.7. The minimum absolute atomic E-state index is 0.0182. The normalized spacial score (nSPS) is 12.3. The molecule has 0 saturated heterocycles. The van der Waals surface area contributed by atoms with Crippen molar-refractivity contribution in [2.45, 2.75) is 19.9 Å². The molecular weight excluding hydrogens is 458 g/mol. The van der Waals surface area contributed by atoms with Crippen molar-refractivity contribution in [2.24, 2.45) is 5.73 Å². The maximum atomic E-state index is 12.9. The standard InChI is InChI=1S/C21H19N5O5.C2H4O2/c22-4-1-5-25-11-14(13-3-2-12(26(28)29)8-17(13)25)20-21(27)24-16-10-19-18(9-15(16)23-20)30-6-7-31-19;1-2(3)4/h2-3,8-11H,1,4-7,22H2,(H,24,27);1H3,(H,3,4). The summed E-state index contributed by atoms with van der Waals surface area (Å²) in [7, 11) is 0. The fourth-order valence-corrected chi connectivity index (χ4v) is 3.84. The predicted molar refractivity (Wildman–Crippen MR) is 128 cm³/mol. The van der Waals surface area contributed by atoms with Crippen molar-refractivity contribution in [3.8, 4) is 22.8 Å². The van der Waals surface area contributed by atoms with Gasteiger partial charge in [-0.05, 0) is 19.0 Å². The number of carboxylic acid groups (broad SMARTS) is 1. The van der Waals surface area contributed by atoms with Gasteiger partial charge in [-0.3, -0.25) is 19.7 Å². The van der Waals surface area contributed by atoms with Gasteiger partial charge in [0.15, 0.2) is 11.5 Å². The van der Waals surface area contributed by atoms with E-state index in [1.54, 1.807) is 24.4 Å². The van der Waals surface area contributed by atoms with Gasteiger partial charge in [0.2, 0.25) is 0 Å². The Morgan fingerprint density at radius 1 is 1.26 bits per heavy atom. The third-order valence-electron chi connectivity index (χ3n) is 5.29. The van der Waals surface area contributed by atoms with Crippen LogP contribution in [0.3, 0.4) is 0 Å². The summed E-state index contributed by atoms with van der Waals surface area (Å²) < 4.78 is 13.1. The van der Waals surface area contributed by atoms with Gasteiger partial charge in [-0.2, -0.15) is 0 Å². The lowest BCUT2D eigenvalue weighted by Crippen LogP contribution is -2.16. The number of aromatic amines is 1. The Kier molecular flexibility index (Phi) is 6.64. The first-order chi connectivity index (χ1) is 16.8. The Hall–Kier alpha value is -4.45. The van der Waals surface area contributed by atoms with Crippen LogP contribution in [0.1, 0.15) is 13.3 Å². The minimum atomic E-state index is -0.833. The smallest absolute Gasteiger partial charge is 0.300 e. The number of nitro benzene ring substituents is 1. The van der Waals surface area contributed by atoms with Crippen LogP contribution in [0.5, 0.6) is 11.5 Å². The Morgan fingerprint density at radius 2 is 1.94 bits per heavy atom. The Morgan fingerprint density at radius 3 is 2.60 bits per heavy atom. The molecule has 0 fully saturated rings. The predicted octanol–water partition coefficient (Wildman–Crippen LogP) is 2.66. The van der Waals surface area contributed by atoms with Crippen LogP contribution in [0, 0.1) is 10.1 Å². The molecule has 0 spiro atoms. The summed E-state index contributed by atoms with van der Waals surface area (Å²) in [6.07, 6.45) is 2.49. The molecule has 2 aromatic carbocycles. The van der Waals surface area contributed by atoms with Crippen molar-refractivity contribution in [1.82, 2.24) is 14.5 Å². The van der Waals surface area contributed by atoms with Gasteiger partial charge in [0.05, 0.1) is 21.5 Å². The minimum Gasteiger partial charge on any atom is -0.486 e. The van der Waals surface area contributed by atoms with E-state index in [1.807, 2.05) is 4.57 Å². The first-order valence-electron chi connectivity index (χ1n) is 10.8. The van der Waals surface area contributed by atoms with Crippen LogP contribution in [0.2, 0.25) is 0 Å². The van der Waals surface area contributed by atoms with Gasteiger partial charge in [0.25, 0.3) is 17.2 Å². The summed E-state index contributed by atoms with van der Waals surface area (Å²) in [5, 5.41) is 19.4. The second-order valence-electron chi connectivity index (χ2n) is 7.78. The van der Waals surface area contributed by atoms with E-state index in [2.05, 4.69) is 9.97 Å². The van der Waals surface area contributed by atoms with Crippen LogP contribution < -0.4 is 20.8 Å². The highest BCUT2D eigenvalue weighted by Gasteiger charge is 2.20. The van der Waals surface area contributed by atoms with E-state index in [1.165, 1.54) is 12.1 Å². The summed E-state index contributed by atoms with van der Waals surface area (Å²) in [5.41, 5.74) is 7.85. The number of nitrogens with two attached hydrogens (primary N) is 1. The third-order valence-corrected chi connectivity index (χ3v) is 5.29. The number of H-pyrrole nitrogens is 1. The van der Waals surface area contributed by atoms with E-state index >= 15 is 0 Å². The molecule has 4 N–H and O–H groups in total. The van der Waals surface area contributed by atoms with E-state index in [0.717, 1.165) is 6.92 Å². The van der Waals surface area contributed by atoms with Gasteiger partial charge >= 0.3 is 0 Å². The molecule has 1 aliphatic rings. The van der Waals surface area contributed by atoms with Crippen LogP contribution in [-0.4, -0.2) is 50.3 Å². The number of fused-ring (bicyclic) bond motifs is 3. The quantitative estimate of drug-likeness (QED) is 0.286.